The predicted octanol–water partition coefficient (Wildman–Crippen LogP) is 3.74. The first-order valence-corrected chi connectivity index (χ1v) is 9.65. The Labute approximate surface area is 153 Å². The maximum Gasteiger partial charge on any atom is 0.264 e. The number of hydrogen-bond donors (Lipinski definition) is 0. The third-order valence-corrected chi connectivity index (χ3v) is 5.84. The van der Waals surface area contributed by atoms with E-state index in [-0.39, 0.29) is 17.1 Å². The fourth-order valence-corrected chi connectivity index (χ4v) is 4.23. The number of ether oxygens (including phenoxy) is 2. The molecule has 0 radical (unpaired) electrons. The Kier molecular flexibility index (Phi) is 5.01. The van der Waals surface area contributed by atoms with Gasteiger partial charge in [-0.25, -0.2) is 12.8 Å². The molecule has 0 amide bonds. The second-order valence-electron chi connectivity index (χ2n) is 5.23. The summed E-state index contributed by atoms with van der Waals surface area (Å²) >= 11 is 3.16. The predicted molar refractivity (Wildman–Crippen MR) is 96.3 cm³/mol. The van der Waals surface area contributed by atoms with E-state index in [0.717, 1.165) is 4.31 Å². The van der Waals surface area contributed by atoms with Gasteiger partial charge in [-0.15, -0.1) is 6.58 Å². The molecule has 0 fully saturated rings. The fourth-order valence-electron chi connectivity index (χ4n) is 2.44. The Bertz CT molecular complexity index is 917. The molecule has 2 aromatic rings. The summed E-state index contributed by atoms with van der Waals surface area (Å²) in [4.78, 5) is -0.0130. The lowest BCUT2D eigenvalue weighted by Crippen LogP contribution is -2.32. The largest absolute Gasteiger partial charge is 0.486 e. The highest BCUT2D eigenvalue weighted by Crippen LogP contribution is 2.35. The SMILES string of the molecule is C=CCN(c1ccc(Br)cc1F)S(=O)(=O)c1ccc2c(c1)OCCO2. The van der Waals surface area contributed by atoms with Gasteiger partial charge in [0.15, 0.2) is 11.5 Å². The van der Waals surface area contributed by atoms with Gasteiger partial charge < -0.3 is 9.47 Å². The van der Waals surface area contributed by atoms with Gasteiger partial charge in [0.05, 0.1) is 17.1 Å². The molecule has 0 aromatic heterocycles. The first-order chi connectivity index (χ1) is 11.9. The van der Waals surface area contributed by atoms with Crippen molar-refractivity contribution >= 4 is 31.6 Å². The van der Waals surface area contributed by atoms with E-state index in [1.165, 1.54) is 36.4 Å². The zero-order valence-corrected chi connectivity index (χ0v) is 15.5. The number of halogens is 2. The molecule has 0 unspecified atom stereocenters. The standard InChI is InChI=1S/C17H15BrFNO4S/c1-2-7-20(15-5-3-12(18)10-14(15)19)25(21,22)13-4-6-16-17(11-13)24-9-8-23-16/h2-6,10-11H,1,7-9H2. The first-order valence-electron chi connectivity index (χ1n) is 7.42. The summed E-state index contributed by atoms with van der Waals surface area (Å²) in [6.07, 6.45) is 1.40. The van der Waals surface area contributed by atoms with E-state index in [1.54, 1.807) is 6.07 Å². The van der Waals surface area contributed by atoms with Crippen LogP contribution in [0.15, 0.2) is 58.4 Å². The zero-order chi connectivity index (χ0) is 18.0. The van der Waals surface area contributed by atoms with Crippen molar-refractivity contribution in [2.75, 3.05) is 24.1 Å². The van der Waals surface area contributed by atoms with Crippen LogP contribution in [-0.4, -0.2) is 28.2 Å². The molecule has 25 heavy (non-hydrogen) atoms. The van der Waals surface area contributed by atoms with Crippen molar-refractivity contribution in [3.63, 3.8) is 0 Å². The quantitative estimate of drug-likeness (QED) is 0.681. The Balaban J connectivity index is 2.07. The molecule has 0 bridgehead atoms. The highest BCUT2D eigenvalue weighted by atomic mass is 79.9. The Morgan fingerprint density at radius 2 is 1.88 bits per heavy atom. The summed E-state index contributed by atoms with van der Waals surface area (Å²) in [5.41, 5.74) is -0.0574. The summed E-state index contributed by atoms with van der Waals surface area (Å²) in [5.74, 6) is 0.176. The monoisotopic (exact) mass is 427 g/mol. The number of hydrogen-bond acceptors (Lipinski definition) is 4. The minimum atomic E-state index is -4.01. The van der Waals surface area contributed by atoms with Crippen LogP contribution in [-0.2, 0) is 10.0 Å². The first kappa shape index (κ1) is 17.8. The molecule has 1 aliphatic rings. The molecule has 5 nitrogen and oxygen atoms in total. The Morgan fingerprint density at radius 3 is 2.56 bits per heavy atom. The lowest BCUT2D eigenvalue weighted by molar-refractivity contribution is 0.171. The van der Waals surface area contributed by atoms with Crippen LogP contribution in [0.25, 0.3) is 0 Å². The minimum Gasteiger partial charge on any atom is -0.486 e. The summed E-state index contributed by atoms with van der Waals surface area (Å²) in [7, 11) is -4.01. The molecule has 1 heterocycles. The highest BCUT2D eigenvalue weighted by Gasteiger charge is 2.28. The van der Waals surface area contributed by atoms with Crippen LogP contribution in [0.1, 0.15) is 0 Å². The number of sulfonamides is 1. The maximum atomic E-state index is 14.3. The van der Waals surface area contributed by atoms with E-state index in [1.807, 2.05) is 0 Å². The third-order valence-electron chi connectivity index (χ3n) is 3.57. The van der Waals surface area contributed by atoms with E-state index in [2.05, 4.69) is 22.5 Å². The van der Waals surface area contributed by atoms with Crippen molar-refractivity contribution in [3.05, 3.63) is 59.3 Å². The van der Waals surface area contributed by atoms with Crippen LogP contribution >= 0.6 is 15.9 Å². The van der Waals surface area contributed by atoms with Crippen LogP contribution < -0.4 is 13.8 Å². The normalized spacial score (nSPS) is 13.4. The molecular weight excluding hydrogens is 413 g/mol. The minimum absolute atomic E-state index is 0.0130. The van der Waals surface area contributed by atoms with Crippen LogP contribution in [0.4, 0.5) is 10.1 Å². The van der Waals surface area contributed by atoms with Gasteiger partial charge in [-0.3, -0.25) is 4.31 Å². The van der Waals surface area contributed by atoms with Gasteiger partial charge in [0.2, 0.25) is 0 Å². The molecule has 0 spiro atoms. The number of benzene rings is 2. The lowest BCUT2D eigenvalue weighted by Gasteiger charge is -2.25. The Hall–Kier alpha value is -2.06. The molecular formula is C17H15BrFNO4S. The Morgan fingerprint density at radius 1 is 1.16 bits per heavy atom. The number of rotatable bonds is 5. The van der Waals surface area contributed by atoms with Crippen molar-refractivity contribution in [1.82, 2.24) is 0 Å². The van der Waals surface area contributed by atoms with E-state index >= 15 is 0 Å². The second kappa shape index (κ2) is 7.05. The molecule has 1 aliphatic heterocycles. The van der Waals surface area contributed by atoms with Crippen LogP contribution in [0.3, 0.4) is 0 Å². The summed E-state index contributed by atoms with van der Waals surface area (Å²) in [5, 5.41) is 0. The van der Waals surface area contributed by atoms with Gasteiger partial charge in [-0.2, -0.15) is 0 Å². The maximum absolute atomic E-state index is 14.3. The van der Waals surface area contributed by atoms with E-state index < -0.39 is 15.8 Å². The molecule has 0 aliphatic carbocycles. The second-order valence-corrected chi connectivity index (χ2v) is 8.00. The van der Waals surface area contributed by atoms with Gasteiger partial charge in [0, 0.05) is 10.5 Å². The van der Waals surface area contributed by atoms with E-state index in [4.69, 9.17) is 9.47 Å². The number of fused-ring (bicyclic) bond motifs is 1. The third kappa shape index (κ3) is 3.50. The van der Waals surface area contributed by atoms with Gasteiger partial charge >= 0.3 is 0 Å². The zero-order valence-electron chi connectivity index (χ0n) is 13.1. The summed E-state index contributed by atoms with van der Waals surface area (Å²) in [6.45, 7) is 4.24. The van der Waals surface area contributed by atoms with Crippen molar-refractivity contribution < 1.29 is 22.3 Å². The van der Waals surface area contributed by atoms with Crippen LogP contribution in [0.2, 0.25) is 0 Å². The summed E-state index contributed by atoms with van der Waals surface area (Å²) in [6, 6.07) is 8.52. The van der Waals surface area contributed by atoms with Crippen LogP contribution in [0, 0.1) is 5.82 Å². The molecule has 0 atom stereocenters. The van der Waals surface area contributed by atoms with Gasteiger partial charge in [-0.05, 0) is 30.3 Å². The molecule has 0 N–H and O–H groups in total. The molecule has 2 aromatic carbocycles. The number of anilines is 1. The van der Waals surface area contributed by atoms with Crippen molar-refractivity contribution in [2.24, 2.45) is 0 Å². The van der Waals surface area contributed by atoms with Gasteiger partial charge in [-0.1, -0.05) is 22.0 Å². The molecule has 0 saturated heterocycles. The fraction of sp³-hybridized carbons (Fsp3) is 0.176. The average Bonchev–Trinajstić information content (AvgIpc) is 2.60. The topological polar surface area (TPSA) is 55.8 Å². The van der Waals surface area contributed by atoms with E-state index in [0.29, 0.717) is 29.2 Å². The summed E-state index contributed by atoms with van der Waals surface area (Å²) < 4.78 is 52.7. The molecule has 3 rings (SSSR count). The smallest absolute Gasteiger partial charge is 0.264 e. The molecule has 132 valence electrons. The molecule has 0 saturated carbocycles. The average molecular weight is 428 g/mol. The van der Waals surface area contributed by atoms with Gasteiger partial charge in [0.1, 0.15) is 19.0 Å². The highest BCUT2D eigenvalue weighted by molar-refractivity contribution is 9.10. The van der Waals surface area contributed by atoms with Crippen molar-refractivity contribution in [2.45, 2.75) is 4.90 Å². The van der Waals surface area contributed by atoms with Crippen molar-refractivity contribution in [3.8, 4) is 11.5 Å². The lowest BCUT2D eigenvalue weighted by atomic mass is 10.3. The van der Waals surface area contributed by atoms with Crippen molar-refractivity contribution in [1.29, 1.82) is 0 Å². The van der Waals surface area contributed by atoms with Gasteiger partial charge in [0.25, 0.3) is 10.0 Å². The number of nitrogens with zero attached hydrogens (tertiary/aromatic N) is 1. The van der Waals surface area contributed by atoms with E-state index in [9.17, 15) is 12.8 Å². The molecule has 8 heteroatoms. The van der Waals surface area contributed by atoms with Crippen LogP contribution in [0.5, 0.6) is 11.5 Å².